The van der Waals surface area contributed by atoms with E-state index < -0.39 is 5.91 Å². The Morgan fingerprint density at radius 2 is 1.81 bits per heavy atom. The van der Waals surface area contributed by atoms with Gasteiger partial charge in [0.25, 0.3) is 11.8 Å². The fourth-order valence-corrected chi connectivity index (χ4v) is 3.07. The summed E-state index contributed by atoms with van der Waals surface area (Å²) in [4.78, 5) is 30.1. The van der Waals surface area contributed by atoms with Gasteiger partial charge in [-0.15, -0.1) is 0 Å². The third kappa shape index (κ3) is 4.00. The highest BCUT2D eigenvalue weighted by molar-refractivity contribution is 5.98. The van der Waals surface area contributed by atoms with E-state index in [-0.39, 0.29) is 23.3 Å². The minimum Gasteiger partial charge on any atom is -0.383 e. The van der Waals surface area contributed by atoms with Crippen LogP contribution in [0.4, 0.5) is 5.82 Å². The quantitative estimate of drug-likeness (QED) is 0.765. The summed E-state index contributed by atoms with van der Waals surface area (Å²) in [6.07, 6.45) is 3.51. The molecule has 136 valence electrons. The predicted octanol–water partition coefficient (Wildman–Crippen LogP) is 1.25. The molecule has 0 aliphatic carbocycles. The minimum absolute atomic E-state index is 0.0700. The van der Waals surface area contributed by atoms with Crippen molar-refractivity contribution in [2.45, 2.75) is 18.9 Å². The van der Waals surface area contributed by atoms with Crippen LogP contribution in [0.1, 0.15) is 33.6 Å². The van der Waals surface area contributed by atoms with Crippen LogP contribution in [-0.4, -0.2) is 47.9 Å². The summed E-state index contributed by atoms with van der Waals surface area (Å²) in [6, 6.07) is 9.00. The number of nitrogens with one attached hydrogen (secondary N) is 1. The normalized spacial score (nSPS) is 15.6. The summed E-state index contributed by atoms with van der Waals surface area (Å²) in [6.45, 7) is 1.99. The molecule has 1 fully saturated rings. The number of carbonyl (C=O) groups is 2. The summed E-state index contributed by atoms with van der Waals surface area (Å²) in [5.74, 6) is -0.583. The summed E-state index contributed by atoms with van der Waals surface area (Å²) in [7, 11) is 2.09. The second-order valence-corrected chi connectivity index (χ2v) is 6.65. The number of aromatic nitrogens is 1. The Bertz CT molecular complexity index is 811. The number of hydrogen-bond donors (Lipinski definition) is 3. The number of benzene rings is 1. The molecule has 1 aliphatic rings. The SMILES string of the molecule is CN1CCC(NC(=O)c2ccc(-c3cnc(N)c(C(N)=O)c3)cc2)CC1. The van der Waals surface area contributed by atoms with Crippen molar-refractivity contribution in [3.05, 3.63) is 47.7 Å². The molecule has 0 saturated carbocycles. The van der Waals surface area contributed by atoms with Crippen molar-refractivity contribution in [3.8, 4) is 11.1 Å². The fraction of sp³-hybridized carbons (Fsp3) is 0.316. The Labute approximate surface area is 152 Å². The molecule has 3 rings (SSSR count). The van der Waals surface area contributed by atoms with Gasteiger partial charge in [-0.2, -0.15) is 0 Å². The van der Waals surface area contributed by atoms with Gasteiger partial charge in [0.15, 0.2) is 0 Å². The number of amides is 2. The van der Waals surface area contributed by atoms with Gasteiger partial charge in [0.1, 0.15) is 5.82 Å². The predicted molar refractivity (Wildman–Crippen MR) is 101 cm³/mol. The maximum atomic E-state index is 12.4. The molecule has 1 aliphatic heterocycles. The van der Waals surface area contributed by atoms with Crippen LogP contribution in [-0.2, 0) is 0 Å². The molecule has 0 unspecified atom stereocenters. The lowest BCUT2D eigenvalue weighted by Crippen LogP contribution is -2.43. The average molecular weight is 353 g/mol. The van der Waals surface area contributed by atoms with Crippen LogP contribution in [0.25, 0.3) is 11.1 Å². The van der Waals surface area contributed by atoms with Crippen LogP contribution in [0.3, 0.4) is 0 Å². The molecule has 7 heteroatoms. The van der Waals surface area contributed by atoms with E-state index in [1.807, 2.05) is 12.1 Å². The highest BCUT2D eigenvalue weighted by atomic mass is 16.2. The Balaban J connectivity index is 1.71. The van der Waals surface area contributed by atoms with Gasteiger partial charge >= 0.3 is 0 Å². The van der Waals surface area contributed by atoms with Crippen LogP contribution < -0.4 is 16.8 Å². The molecular formula is C19H23N5O2. The number of rotatable bonds is 4. The van der Waals surface area contributed by atoms with Crippen molar-refractivity contribution < 1.29 is 9.59 Å². The van der Waals surface area contributed by atoms with Gasteiger partial charge < -0.3 is 21.7 Å². The molecule has 5 N–H and O–H groups in total. The Kier molecular flexibility index (Phi) is 5.18. The molecular weight excluding hydrogens is 330 g/mol. The zero-order chi connectivity index (χ0) is 18.7. The summed E-state index contributed by atoms with van der Waals surface area (Å²) in [5, 5.41) is 3.09. The molecule has 1 aromatic carbocycles. The van der Waals surface area contributed by atoms with E-state index >= 15 is 0 Å². The van der Waals surface area contributed by atoms with E-state index in [9.17, 15) is 9.59 Å². The number of nitrogens with zero attached hydrogens (tertiary/aromatic N) is 2. The molecule has 0 atom stereocenters. The van der Waals surface area contributed by atoms with Gasteiger partial charge in [0.05, 0.1) is 5.56 Å². The smallest absolute Gasteiger partial charge is 0.252 e. The van der Waals surface area contributed by atoms with E-state index in [0.29, 0.717) is 5.56 Å². The second-order valence-electron chi connectivity index (χ2n) is 6.65. The van der Waals surface area contributed by atoms with Crippen molar-refractivity contribution in [1.29, 1.82) is 0 Å². The number of hydrogen-bond acceptors (Lipinski definition) is 5. The van der Waals surface area contributed by atoms with Crippen LogP contribution in [0.15, 0.2) is 36.5 Å². The second kappa shape index (κ2) is 7.53. The molecule has 2 heterocycles. The summed E-state index contributed by atoms with van der Waals surface area (Å²) in [5.41, 5.74) is 13.3. The number of likely N-dealkylation sites (tertiary alicyclic amines) is 1. The molecule has 1 aromatic heterocycles. The molecule has 0 spiro atoms. The van der Waals surface area contributed by atoms with Gasteiger partial charge in [-0.05, 0) is 56.7 Å². The highest BCUT2D eigenvalue weighted by Gasteiger charge is 2.19. The van der Waals surface area contributed by atoms with E-state index in [1.54, 1.807) is 24.4 Å². The first kappa shape index (κ1) is 17.9. The summed E-state index contributed by atoms with van der Waals surface area (Å²) >= 11 is 0. The van der Waals surface area contributed by atoms with E-state index in [1.165, 1.54) is 0 Å². The Morgan fingerprint density at radius 1 is 1.15 bits per heavy atom. The standard InChI is InChI=1S/C19H23N5O2/c1-24-8-6-15(7-9-24)23-19(26)13-4-2-12(3-5-13)14-10-16(18(21)25)17(20)22-11-14/h2-5,10-11,15H,6-9H2,1H3,(H2,20,22)(H2,21,25)(H,23,26). The molecule has 2 aromatic rings. The first-order chi connectivity index (χ1) is 12.4. The molecule has 0 radical (unpaired) electrons. The fourth-order valence-electron chi connectivity index (χ4n) is 3.07. The monoisotopic (exact) mass is 353 g/mol. The van der Waals surface area contributed by atoms with E-state index in [2.05, 4.69) is 22.2 Å². The number of pyridine rings is 1. The maximum Gasteiger partial charge on any atom is 0.252 e. The van der Waals surface area contributed by atoms with Crippen LogP contribution in [0, 0.1) is 0 Å². The van der Waals surface area contributed by atoms with Crippen LogP contribution >= 0.6 is 0 Å². The maximum absolute atomic E-state index is 12.4. The zero-order valence-electron chi connectivity index (χ0n) is 14.7. The third-order valence-electron chi connectivity index (χ3n) is 4.72. The van der Waals surface area contributed by atoms with Gasteiger partial charge in [0, 0.05) is 23.4 Å². The topological polar surface area (TPSA) is 114 Å². The number of nitrogen functional groups attached to an aromatic ring is 1. The molecule has 0 bridgehead atoms. The molecule has 1 saturated heterocycles. The van der Waals surface area contributed by atoms with Gasteiger partial charge in [0.2, 0.25) is 0 Å². The number of piperidine rings is 1. The number of primary amides is 1. The van der Waals surface area contributed by atoms with Crippen LogP contribution in [0.5, 0.6) is 0 Å². The van der Waals surface area contributed by atoms with Crippen molar-refractivity contribution in [2.24, 2.45) is 5.73 Å². The lowest BCUT2D eigenvalue weighted by molar-refractivity contribution is 0.0916. The summed E-state index contributed by atoms with van der Waals surface area (Å²) < 4.78 is 0. The lowest BCUT2D eigenvalue weighted by Gasteiger charge is -2.29. The van der Waals surface area contributed by atoms with Crippen molar-refractivity contribution in [2.75, 3.05) is 25.9 Å². The lowest BCUT2D eigenvalue weighted by atomic mass is 10.0. The Morgan fingerprint density at radius 3 is 2.42 bits per heavy atom. The van der Waals surface area contributed by atoms with Gasteiger partial charge in [-0.3, -0.25) is 9.59 Å². The number of anilines is 1. The van der Waals surface area contributed by atoms with Crippen LogP contribution in [0.2, 0.25) is 0 Å². The highest BCUT2D eigenvalue weighted by Crippen LogP contribution is 2.22. The largest absolute Gasteiger partial charge is 0.383 e. The van der Waals surface area contributed by atoms with Gasteiger partial charge in [-0.25, -0.2) is 4.98 Å². The zero-order valence-corrected chi connectivity index (χ0v) is 14.7. The molecule has 2 amide bonds. The van der Waals surface area contributed by atoms with Crippen molar-refractivity contribution in [3.63, 3.8) is 0 Å². The van der Waals surface area contributed by atoms with Gasteiger partial charge in [-0.1, -0.05) is 12.1 Å². The number of nitrogens with two attached hydrogens (primary N) is 2. The first-order valence-electron chi connectivity index (χ1n) is 8.59. The van der Waals surface area contributed by atoms with E-state index in [4.69, 9.17) is 11.5 Å². The van der Waals surface area contributed by atoms with Crippen molar-refractivity contribution in [1.82, 2.24) is 15.2 Å². The Hall–Kier alpha value is -2.93. The third-order valence-corrected chi connectivity index (χ3v) is 4.72. The van der Waals surface area contributed by atoms with Crippen molar-refractivity contribution >= 4 is 17.6 Å². The number of carbonyl (C=O) groups excluding carboxylic acids is 2. The minimum atomic E-state index is -0.619. The van der Waals surface area contributed by atoms with E-state index in [0.717, 1.165) is 37.1 Å². The molecule has 7 nitrogen and oxygen atoms in total. The first-order valence-corrected chi connectivity index (χ1v) is 8.59. The molecule has 26 heavy (non-hydrogen) atoms. The average Bonchev–Trinajstić information content (AvgIpc) is 2.64.